The molecule has 1 rings (SSSR count). The van der Waals surface area contributed by atoms with Gasteiger partial charge in [0.2, 0.25) is 0 Å². The van der Waals surface area contributed by atoms with E-state index < -0.39 is 0 Å². The lowest BCUT2D eigenvalue weighted by molar-refractivity contribution is 0.321. The highest BCUT2D eigenvalue weighted by Crippen LogP contribution is 2.06. The standard InChI is InChI=1S/C13H21N.C2H6/c1-4-5-10-14(3)11-13-8-6-12(2)7-9-13;1-2/h6-9H,4-5,10-11H2,1-3H3;1-2H3. The molecule has 0 N–H and O–H groups in total. The predicted octanol–water partition coefficient (Wildman–Crippen LogP) is 4.25. The van der Waals surface area contributed by atoms with Crippen molar-refractivity contribution in [1.29, 1.82) is 0 Å². The molecule has 0 spiro atoms. The Hall–Kier alpha value is -0.820. The van der Waals surface area contributed by atoms with Gasteiger partial charge in [0, 0.05) is 6.54 Å². The molecule has 0 aliphatic rings. The van der Waals surface area contributed by atoms with Gasteiger partial charge in [0.1, 0.15) is 0 Å². The Morgan fingerprint density at radius 3 is 2.12 bits per heavy atom. The molecule has 0 aliphatic heterocycles. The molecule has 0 saturated carbocycles. The zero-order valence-corrected chi connectivity index (χ0v) is 11.6. The van der Waals surface area contributed by atoms with Crippen LogP contribution in [0.15, 0.2) is 24.3 Å². The fourth-order valence-corrected chi connectivity index (χ4v) is 1.51. The molecule has 1 aromatic rings. The van der Waals surface area contributed by atoms with Crippen molar-refractivity contribution < 1.29 is 0 Å². The normalized spacial score (nSPS) is 9.88. The second kappa shape index (κ2) is 9.41. The van der Waals surface area contributed by atoms with Crippen molar-refractivity contribution in [3.63, 3.8) is 0 Å². The first-order valence-corrected chi connectivity index (χ1v) is 6.46. The number of benzene rings is 1. The Morgan fingerprint density at radius 1 is 1.06 bits per heavy atom. The van der Waals surface area contributed by atoms with Crippen LogP contribution in [0.1, 0.15) is 44.7 Å². The lowest BCUT2D eigenvalue weighted by atomic mass is 10.1. The smallest absolute Gasteiger partial charge is 0.0230 e. The third kappa shape index (κ3) is 6.62. The Labute approximate surface area is 101 Å². The van der Waals surface area contributed by atoms with E-state index >= 15 is 0 Å². The maximum Gasteiger partial charge on any atom is 0.0230 e. The molecule has 0 radical (unpaired) electrons. The minimum atomic E-state index is 1.07. The summed E-state index contributed by atoms with van der Waals surface area (Å²) in [6.07, 6.45) is 2.57. The molecule has 0 fully saturated rings. The number of aryl methyl sites for hydroxylation is 1. The van der Waals surface area contributed by atoms with Crippen molar-refractivity contribution in [3.8, 4) is 0 Å². The molecule has 0 atom stereocenters. The zero-order chi connectivity index (χ0) is 12.4. The molecule has 1 aromatic carbocycles. The Bertz CT molecular complexity index is 251. The Kier molecular flexibility index (Phi) is 8.93. The van der Waals surface area contributed by atoms with E-state index in [-0.39, 0.29) is 0 Å². The summed E-state index contributed by atoms with van der Waals surface area (Å²) in [6, 6.07) is 8.81. The monoisotopic (exact) mass is 221 g/mol. The van der Waals surface area contributed by atoms with Gasteiger partial charge in [-0.3, -0.25) is 0 Å². The summed E-state index contributed by atoms with van der Waals surface area (Å²) in [7, 11) is 2.19. The average Bonchev–Trinajstić information content (AvgIpc) is 2.32. The number of unbranched alkanes of at least 4 members (excludes halogenated alkanes) is 1. The molecular weight excluding hydrogens is 194 g/mol. The third-order valence-electron chi connectivity index (χ3n) is 2.47. The summed E-state index contributed by atoms with van der Waals surface area (Å²) >= 11 is 0. The lowest BCUT2D eigenvalue weighted by Gasteiger charge is -2.16. The van der Waals surface area contributed by atoms with Crippen LogP contribution in [0.25, 0.3) is 0 Å². The SMILES string of the molecule is CC.CCCCN(C)Cc1ccc(C)cc1. The Balaban J connectivity index is 0.00000106. The van der Waals surface area contributed by atoms with Crippen LogP contribution in [0.3, 0.4) is 0 Å². The summed E-state index contributed by atoms with van der Waals surface area (Å²) in [5, 5.41) is 0. The summed E-state index contributed by atoms with van der Waals surface area (Å²) in [6.45, 7) is 10.6. The topological polar surface area (TPSA) is 3.24 Å². The van der Waals surface area contributed by atoms with Crippen molar-refractivity contribution in [2.75, 3.05) is 13.6 Å². The molecule has 1 nitrogen and oxygen atoms in total. The van der Waals surface area contributed by atoms with Crippen LogP contribution in [0.4, 0.5) is 0 Å². The number of hydrogen-bond donors (Lipinski definition) is 0. The summed E-state index contributed by atoms with van der Waals surface area (Å²) in [5.74, 6) is 0. The second-order valence-electron chi connectivity index (χ2n) is 4.08. The molecule has 0 unspecified atom stereocenters. The van der Waals surface area contributed by atoms with Gasteiger partial charge in [-0.05, 0) is 32.5 Å². The van der Waals surface area contributed by atoms with Crippen molar-refractivity contribution in [2.45, 2.75) is 47.1 Å². The maximum absolute atomic E-state index is 2.38. The first-order chi connectivity index (χ1) is 7.72. The fourth-order valence-electron chi connectivity index (χ4n) is 1.51. The molecule has 0 bridgehead atoms. The highest BCUT2D eigenvalue weighted by molar-refractivity contribution is 5.21. The van der Waals surface area contributed by atoms with Crippen LogP contribution < -0.4 is 0 Å². The van der Waals surface area contributed by atoms with E-state index in [9.17, 15) is 0 Å². The van der Waals surface area contributed by atoms with Crippen LogP contribution in [0, 0.1) is 6.92 Å². The summed E-state index contributed by atoms with van der Waals surface area (Å²) in [5.41, 5.74) is 2.75. The summed E-state index contributed by atoms with van der Waals surface area (Å²) in [4.78, 5) is 2.38. The average molecular weight is 221 g/mol. The van der Waals surface area contributed by atoms with Crippen LogP contribution in [-0.2, 0) is 6.54 Å². The molecule has 0 aliphatic carbocycles. The van der Waals surface area contributed by atoms with Crippen molar-refractivity contribution in [1.82, 2.24) is 4.90 Å². The second-order valence-corrected chi connectivity index (χ2v) is 4.08. The van der Waals surface area contributed by atoms with E-state index in [0.29, 0.717) is 0 Å². The van der Waals surface area contributed by atoms with E-state index in [1.54, 1.807) is 0 Å². The van der Waals surface area contributed by atoms with Crippen molar-refractivity contribution >= 4 is 0 Å². The molecule has 0 heterocycles. The first-order valence-electron chi connectivity index (χ1n) is 6.46. The number of hydrogen-bond acceptors (Lipinski definition) is 1. The van der Waals surface area contributed by atoms with Gasteiger partial charge in [-0.15, -0.1) is 0 Å². The number of nitrogens with zero attached hydrogens (tertiary/aromatic N) is 1. The van der Waals surface area contributed by atoms with E-state index in [4.69, 9.17) is 0 Å². The maximum atomic E-state index is 2.38. The quantitative estimate of drug-likeness (QED) is 0.718. The third-order valence-corrected chi connectivity index (χ3v) is 2.47. The van der Waals surface area contributed by atoms with Gasteiger partial charge in [-0.2, -0.15) is 0 Å². The molecule has 0 amide bonds. The molecule has 0 saturated heterocycles. The van der Waals surface area contributed by atoms with Gasteiger partial charge in [-0.1, -0.05) is 57.0 Å². The van der Waals surface area contributed by atoms with E-state index in [1.807, 2.05) is 13.8 Å². The molecule has 92 valence electrons. The van der Waals surface area contributed by atoms with Gasteiger partial charge in [0.15, 0.2) is 0 Å². The van der Waals surface area contributed by atoms with E-state index in [1.165, 1.54) is 30.5 Å². The molecular formula is C15H27N. The minimum absolute atomic E-state index is 1.07. The number of rotatable bonds is 5. The largest absolute Gasteiger partial charge is 0.302 e. The van der Waals surface area contributed by atoms with Crippen LogP contribution >= 0.6 is 0 Å². The van der Waals surface area contributed by atoms with Gasteiger partial charge in [-0.25, -0.2) is 0 Å². The van der Waals surface area contributed by atoms with E-state index in [2.05, 4.69) is 50.1 Å². The van der Waals surface area contributed by atoms with Crippen LogP contribution in [0.5, 0.6) is 0 Å². The minimum Gasteiger partial charge on any atom is -0.302 e. The predicted molar refractivity (Wildman–Crippen MR) is 73.8 cm³/mol. The van der Waals surface area contributed by atoms with Crippen molar-refractivity contribution in [3.05, 3.63) is 35.4 Å². The summed E-state index contributed by atoms with van der Waals surface area (Å²) < 4.78 is 0. The highest BCUT2D eigenvalue weighted by Gasteiger charge is 1.98. The van der Waals surface area contributed by atoms with Crippen LogP contribution in [0.2, 0.25) is 0 Å². The first kappa shape index (κ1) is 15.2. The Morgan fingerprint density at radius 2 is 1.62 bits per heavy atom. The highest BCUT2D eigenvalue weighted by atomic mass is 15.1. The molecule has 1 heteroatoms. The zero-order valence-electron chi connectivity index (χ0n) is 11.6. The molecule has 16 heavy (non-hydrogen) atoms. The van der Waals surface area contributed by atoms with Crippen LogP contribution in [-0.4, -0.2) is 18.5 Å². The van der Waals surface area contributed by atoms with E-state index in [0.717, 1.165) is 6.54 Å². The van der Waals surface area contributed by atoms with Gasteiger partial charge < -0.3 is 4.90 Å². The van der Waals surface area contributed by atoms with Gasteiger partial charge in [0.25, 0.3) is 0 Å². The van der Waals surface area contributed by atoms with Gasteiger partial charge >= 0.3 is 0 Å². The fraction of sp³-hybridized carbons (Fsp3) is 0.600. The lowest BCUT2D eigenvalue weighted by Crippen LogP contribution is -2.18. The van der Waals surface area contributed by atoms with Crippen molar-refractivity contribution in [2.24, 2.45) is 0 Å². The van der Waals surface area contributed by atoms with Gasteiger partial charge in [0.05, 0.1) is 0 Å². The molecule has 0 aromatic heterocycles.